The Hall–Kier alpha value is -5.10. The molecule has 264 valence electrons. The lowest BCUT2D eigenvalue weighted by Crippen LogP contribution is -2.56. The van der Waals surface area contributed by atoms with Gasteiger partial charge in [0.2, 0.25) is 11.8 Å². The van der Waals surface area contributed by atoms with Crippen LogP contribution in [0.3, 0.4) is 0 Å². The van der Waals surface area contributed by atoms with Crippen LogP contribution in [0.15, 0.2) is 78.9 Å². The average Bonchev–Trinajstić information content (AvgIpc) is 3.00. The maximum Gasteiger partial charge on any atom is 0.408 e. The van der Waals surface area contributed by atoms with Crippen molar-refractivity contribution in [3.05, 3.63) is 95.6 Å². The van der Waals surface area contributed by atoms with Crippen molar-refractivity contribution in [2.75, 3.05) is 13.2 Å². The Labute approximate surface area is 287 Å². The molecule has 0 saturated carbocycles. The van der Waals surface area contributed by atoms with E-state index in [1.807, 2.05) is 6.07 Å². The molecule has 0 fully saturated rings. The number of rotatable bonds is 13. The number of carbonyl (C=O) groups excluding carboxylic acids is 4. The van der Waals surface area contributed by atoms with Gasteiger partial charge >= 0.3 is 12.1 Å². The minimum absolute atomic E-state index is 0.0000304. The zero-order chi connectivity index (χ0) is 36.4. The number of para-hydroxylation sites is 1. The molecular weight excluding hydrogens is 630 g/mol. The number of alkyl carbamates (subject to hydrolysis) is 1. The third-order valence-electron chi connectivity index (χ3n) is 7.07. The van der Waals surface area contributed by atoms with Crippen LogP contribution >= 0.6 is 0 Å². The number of aliphatic hydroxyl groups is 1. The van der Waals surface area contributed by atoms with E-state index in [1.54, 1.807) is 90.1 Å². The molecule has 12 heteroatoms. The van der Waals surface area contributed by atoms with E-state index in [1.165, 1.54) is 24.3 Å². The molecule has 3 atom stereocenters. The van der Waals surface area contributed by atoms with E-state index in [4.69, 9.17) is 9.47 Å². The van der Waals surface area contributed by atoms with Gasteiger partial charge < -0.3 is 40.3 Å². The molecule has 12 nitrogen and oxygen atoms in total. The van der Waals surface area contributed by atoms with E-state index in [9.17, 15) is 34.5 Å². The zero-order valence-corrected chi connectivity index (χ0v) is 28.8. The second-order valence-electron chi connectivity index (χ2n) is 13.6. The summed E-state index contributed by atoms with van der Waals surface area (Å²) in [5, 5.41) is 36.2. The lowest BCUT2D eigenvalue weighted by molar-refractivity contribution is -0.159. The summed E-state index contributed by atoms with van der Waals surface area (Å²) in [6, 6.07) is 16.8. The van der Waals surface area contributed by atoms with Gasteiger partial charge in [-0.2, -0.15) is 0 Å². The highest BCUT2D eigenvalue weighted by Gasteiger charge is 2.39. The fourth-order valence-corrected chi connectivity index (χ4v) is 5.03. The first kappa shape index (κ1) is 38.3. The molecule has 0 aliphatic carbocycles. The van der Waals surface area contributed by atoms with Crippen LogP contribution in [0.5, 0.6) is 11.5 Å². The number of nitrogens with zero attached hydrogens (tertiary/aromatic N) is 1. The van der Waals surface area contributed by atoms with Crippen molar-refractivity contribution in [3.8, 4) is 11.5 Å². The van der Waals surface area contributed by atoms with Gasteiger partial charge in [-0.25, -0.2) is 9.59 Å². The summed E-state index contributed by atoms with van der Waals surface area (Å²) in [6.07, 6.45) is -0.915. The molecule has 0 bridgehead atoms. The second-order valence-corrected chi connectivity index (χ2v) is 13.6. The van der Waals surface area contributed by atoms with E-state index in [2.05, 4.69) is 10.6 Å². The summed E-state index contributed by atoms with van der Waals surface area (Å²) in [5.41, 5.74) is -0.454. The number of aromatic hydroxyl groups is 2. The molecule has 5 N–H and O–H groups in total. The summed E-state index contributed by atoms with van der Waals surface area (Å²) in [7, 11) is 0. The summed E-state index contributed by atoms with van der Waals surface area (Å²) < 4.78 is 11.1. The standard InChI is InChI=1S/C37H47N3O9/c1-36(2,3)48-34(46)29(23-24-12-8-7-9-13-24)38-32(44)31(27-14-10-11-15-30(27)43)40(20-21-41)33(45)28(39-35(47)49-37(4,5)6)22-25-16-18-26(42)19-17-25/h7-19,28-29,31,41-43H,20-23H2,1-6H3,(H,38,44)(H,39,47). The summed E-state index contributed by atoms with van der Waals surface area (Å²) in [6.45, 7) is 9.12. The van der Waals surface area contributed by atoms with Crippen molar-refractivity contribution in [2.24, 2.45) is 0 Å². The number of carbonyl (C=O) groups is 4. The minimum Gasteiger partial charge on any atom is -0.508 e. The van der Waals surface area contributed by atoms with E-state index >= 15 is 0 Å². The fourth-order valence-electron chi connectivity index (χ4n) is 5.03. The molecule has 3 unspecified atom stereocenters. The Kier molecular flexibility index (Phi) is 13.2. The van der Waals surface area contributed by atoms with Crippen molar-refractivity contribution in [3.63, 3.8) is 0 Å². The number of amides is 3. The molecule has 0 radical (unpaired) electrons. The maximum absolute atomic E-state index is 14.5. The molecule has 0 aliphatic heterocycles. The van der Waals surface area contributed by atoms with Gasteiger partial charge in [0.15, 0.2) is 0 Å². The summed E-state index contributed by atoms with van der Waals surface area (Å²) >= 11 is 0. The largest absolute Gasteiger partial charge is 0.508 e. The number of hydrogen-bond donors (Lipinski definition) is 5. The minimum atomic E-state index is -1.57. The van der Waals surface area contributed by atoms with Crippen molar-refractivity contribution in [1.29, 1.82) is 0 Å². The van der Waals surface area contributed by atoms with E-state index in [0.717, 1.165) is 10.5 Å². The van der Waals surface area contributed by atoms with Crippen LogP contribution < -0.4 is 10.6 Å². The Morgan fingerprint density at radius 3 is 1.84 bits per heavy atom. The third-order valence-corrected chi connectivity index (χ3v) is 7.07. The van der Waals surface area contributed by atoms with Crippen molar-refractivity contribution >= 4 is 23.9 Å². The van der Waals surface area contributed by atoms with Gasteiger partial charge in [-0.1, -0.05) is 60.7 Å². The van der Waals surface area contributed by atoms with Gasteiger partial charge in [0.05, 0.1) is 6.61 Å². The first-order chi connectivity index (χ1) is 23.0. The second kappa shape index (κ2) is 16.8. The Bertz CT molecular complexity index is 1560. The SMILES string of the molecule is CC(C)(C)OC(=O)NC(Cc1ccc(O)cc1)C(=O)N(CCO)C(C(=O)NC(Cc1ccccc1)C(=O)OC(C)(C)C)c1ccccc1O. The van der Waals surface area contributed by atoms with Gasteiger partial charge in [-0.05, 0) is 70.9 Å². The lowest BCUT2D eigenvalue weighted by atomic mass is 9.98. The molecule has 0 spiro atoms. The van der Waals surface area contributed by atoms with Crippen LogP contribution in [-0.4, -0.2) is 80.5 Å². The Balaban J connectivity index is 2.09. The molecular formula is C37H47N3O9. The number of benzene rings is 3. The first-order valence-electron chi connectivity index (χ1n) is 16.0. The van der Waals surface area contributed by atoms with Crippen LogP contribution in [0.25, 0.3) is 0 Å². The summed E-state index contributed by atoms with van der Waals surface area (Å²) in [4.78, 5) is 56.3. The highest BCUT2D eigenvalue weighted by molar-refractivity contribution is 5.94. The van der Waals surface area contributed by atoms with Crippen molar-refractivity contribution in [2.45, 2.75) is 83.7 Å². The number of ether oxygens (including phenoxy) is 2. The summed E-state index contributed by atoms with van der Waals surface area (Å²) in [5.74, 6) is -2.65. The van der Waals surface area contributed by atoms with Gasteiger partial charge in [0.1, 0.15) is 40.8 Å². The molecule has 3 rings (SSSR count). The van der Waals surface area contributed by atoms with Crippen molar-refractivity contribution < 1.29 is 44.0 Å². The molecule has 3 aromatic rings. The van der Waals surface area contributed by atoms with Crippen LogP contribution in [0.4, 0.5) is 4.79 Å². The van der Waals surface area contributed by atoms with Gasteiger partial charge in [-0.15, -0.1) is 0 Å². The van der Waals surface area contributed by atoms with Gasteiger partial charge in [0, 0.05) is 24.9 Å². The van der Waals surface area contributed by atoms with Crippen LogP contribution in [0.1, 0.15) is 64.3 Å². The average molecular weight is 678 g/mol. The van der Waals surface area contributed by atoms with E-state index < -0.39 is 59.8 Å². The highest BCUT2D eigenvalue weighted by atomic mass is 16.6. The van der Waals surface area contributed by atoms with Crippen LogP contribution in [0.2, 0.25) is 0 Å². The van der Waals surface area contributed by atoms with Crippen molar-refractivity contribution in [1.82, 2.24) is 15.5 Å². The molecule has 0 aliphatic rings. The van der Waals surface area contributed by atoms with Gasteiger partial charge in [-0.3, -0.25) is 9.59 Å². The normalized spacial score (nSPS) is 13.4. The molecule has 49 heavy (non-hydrogen) atoms. The number of aliphatic hydroxyl groups excluding tert-OH is 1. The topological polar surface area (TPSA) is 175 Å². The molecule has 0 aromatic heterocycles. The molecule has 0 saturated heterocycles. The fraction of sp³-hybridized carbons (Fsp3) is 0.405. The highest BCUT2D eigenvalue weighted by Crippen LogP contribution is 2.30. The first-order valence-corrected chi connectivity index (χ1v) is 16.0. The Morgan fingerprint density at radius 1 is 0.714 bits per heavy atom. The quantitative estimate of drug-likeness (QED) is 0.166. The van der Waals surface area contributed by atoms with Gasteiger partial charge in [0.25, 0.3) is 0 Å². The number of phenolic OH excluding ortho intramolecular Hbond substituents is 2. The molecule has 0 heterocycles. The smallest absolute Gasteiger partial charge is 0.408 e. The Morgan fingerprint density at radius 2 is 1.27 bits per heavy atom. The van der Waals surface area contributed by atoms with E-state index in [-0.39, 0.29) is 36.4 Å². The number of nitrogens with one attached hydrogen (secondary N) is 2. The van der Waals surface area contributed by atoms with E-state index in [0.29, 0.717) is 5.56 Å². The van der Waals surface area contributed by atoms with Crippen LogP contribution in [-0.2, 0) is 36.7 Å². The number of esters is 1. The lowest BCUT2D eigenvalue weighted by Gasteiger charge is -2.35. The number of phenols is 2. The zero-order valence-electron chi connectivity index (χ0n) is 28.8. The molecule has 3 amide bonds. The molecule has 3 aromatic carbocycles. The maximum atomic E-state index is 14.5. The van der Waals surface area contributed by atoms with Crippen LogP contribution in [0, 0.1) is 0 Å². The third kappa shape index (κ3) is 12.1. The predicted molar refractivity (Wildman–Crippen MR) is 183 cm³/mol. The number of hydrogen-bond acceptors (Lipinski definition) is 9. The monoisotopic (exact) mass is 677 g/mol. The predicted octanol–water partition coefficient (Wildman–Crippen LogP) is 4.17.